The van der Waals surface area contributed by atoms with E-state index in [0.717, 1.165) is 10.2 Å². The molecule has 1 rings (SSSR count). The van der Waals surface area contributed by atoms with Gasteiger partial charge in [0.05, 0.1) is 6.61 Å². The highest BCUT2D eigenvalue weighted by molar-refractivity contribution is 9.10. The molecule has 0 bridgehead atoms. The van der Waals surface area contributed by atoms with Crippen molar-refractivity contribution in [1.29, 1.82) is 0 Å². The third-order valence-corrected chi connectivity index (χ3v) is 3.50. The molecule has 0 aliphatic carbocycles. The van der Waals surface area contributed by atoms with E-state index in [-0.39, 0.29) is 10.9 Å². The minimum Gasteiger partial charge on any atom is -0.389 e. The molecular weight excluding hydrogens is 342 g/mol. The van der Waals surface area contributed by atoms with Crippen LogP contribution in [0.5, 0.6) is 0 Å². The summed E-state index contributed by atoms with van der Waals surface area (Å²) < 4.78 is 5.68. The number of nitrogens with one attached hydrogen (secondary N) is 2. The van der Waals surface area contributed by atoms with Crippen LogP contribution in [0.15, 0.2) is 22.7 Å². The number of nitrogens with two attached hydrogens (primary N) is 1. The monoisotopic (exact) mass is 359 g/mol. The van der Waals surface area contributed by atoms with Crippen molar-refractivity contribution in [3.05, 3.63) is 28.2 Å². The van der Waals surface area contributed by atoms with Crippen LogP contribution < -0.4 is 16.4 Å². The molecule has 0 aliphatic rings. The van der Waals surface area contributed by atoms with Gasteiger partial charge in [-0.2, -0.15) is 0 Å². The van der Waals surface area contributed by atoms with Crippen molar-refractivity contribution in [3.63, 3.8) is 0 Å². The maximum atomic E-state index is 11.9. The van der Waals surface area contributed by atoms with Crippen LogP contribution in [-0.2, 0) is 9.53 Å². The van der Waals surface area contributed by atoms with E-state index in [1.807, 2.05) is 18.2 Å². The first kappa shape index (κ1) is 16.9. The zero-order valence-corrected chi connectivity index (χ0v) is 13.8. The Morgan fingerprint density at radius 3 is 2.85 bits per heavy atom. The van der Waals surface area contributed by atoms with Gasteiger partial charge in [-0.25, -0.2) is 0 Å². The molecule has 5 nitrogen and oxygen atoms in total. The van der Waals surface area contributed by atoms with Gasteiger partial charge in [0.15, 0.2) is 0 Å². The van der Waals surface area contributed by atoms with E-state index in [1.165, 1.54) is 0 Å². The highest BCUT2D eigenvalue weighted by Gasteiger charge is 2.16. The number of methoxy groups -OCH3 is 1. The summed E-state index contributed by atoms with van der Waals surface area (Å²) in [5.74, 6) is -0.115. The standard InChI is InChI=1S/C13H18BrN3O2S/c1-8(13(18)16-6-7-19-2)17-10-5-3-4-9(14)11(10)12(15)20/h3-5,8,17H,6-7H2,1-2H3,(H2,15,20)(H,16,18). The van der Waals surface area contributed by atoms with Crippen LogP contribution in [0.4, 0.5) is 5.69 Å². The molecule has 0 saturated carbocycles. The summed E-state index contributed by atoms with van der Waals surface area (Å²) in [7, 11) is 1.59. The van der Waals surface area contributed by atoms with Crippen LogP contribution in [0.2, 0.25) is 0 Å². The molecule has 1 amide bonds. The predicted molar refractivity (Wildman–Crippen MR) is 88.0 cm³/mol. The van der Waals surface area contributed by atoms with E-state index in [2.05, 4.69) is 26.6 Å². The molecule has 0 aliphatic heterocycles. The quantitative estimate of drug-likeness (QED) is 0.509. The second-order valence-electron chi connectivity index (χ2n) is 4.18. The average molecular weight is 360 g/mol. The van der Waals surface area contributed by atoms with Gasteiger partial charge in [-0.15, -0.1) is 0 Å². The van der Waals surface area contributed by atoms with Gasteiger partial charge in [-0.3, -0.25) is 4.79 Å². The molecule has 1 atom stereocenters. The second kappa shape index (κ2) is 8.18. The Labute approximate surface area is 132 Å². The van der Waals surface area contributed by atoms with Gasteiger partial charge >= 0.3 is 0 Å². The van der Waals surface area contributed by atoms with Crippen LogP contribution in [0, 0.1) is 0 Å². The lowest BCUT2D eigenvalue weighted by molar-refractivity contribution is -0.121. The maximum absolute atomic E-state index is 11.9. The number of rotatable bonds is 7. The van der Waals surface area contributed by atoms with Gasteiger partial charge < -0.3 is 21.1 Å². The van der Waals surface area contributed by atoms with E-state index in [1.54, 1.807) is 14.0 Å². The fraction of sp³-hybridized carbons (Fsp3) is 0.385. The van der Waals surface area contributed by atoms with Crippen LogP contribution >= 0.6 is 28.1 Å². The fourth-order valence-corrected chi connectivity index (χ4v) is 2.55. The number of hydrogen-bond acceptors (Lipinski definition) is 4. The summed E-state index contributed by atoms with van der Waals surface area (Å²) >= 11 is 8.43. The summed E-state index contributed by atoms with van der Waals surface area (Å²) in [5.41, 5.74) is 7.13. The van der Waals surface area contributed by atoms with E-state index in [4.69, 9.17) is 22.7 Å². The molecule has 110 valence electrons. The number of amides is 1. The largest absolute Gasteiger partial charge is 0.389 e. The molecule has 1 unspecified atom stereocenters. The second-order valence-corrected chi connectivity index (χ2v) is 5.47. The van der Waals surface area contributed by atoms with Crippen LogP contribution in [-0.4, -0.2) is 37.2 Å². The molecule has 0 heterocycles. The number of anilines is 1. The number of halogens is 1. The van der Waals surface area contributed by atoms with Crippen LogP contribution in [0.1, 0.15) is 12.5 Å². The van der Waals surface area contributed by atoms with Gasteiger partial charge in [0.1, 0.15) is 11.0 Å². The average Bonchev–Trinajstić information content (AvgIpc) is 2.38. The first-order valence-electron chi connectivity index (χ1n) is 6.09. The van der Waals surface area contributed by atoms with E-state index >= 15 is 0 Å². The van der Waals surface area contributed by atoms with Crippen molar-refractivity contribution >= 4 is 44.7 Å². The lowest BCUT2D eigenvalue weighted by Crippen LogP contribution is -2.39. The molecule has 1 aromatic rings. The smallest absolute Gasteiger partial charge is 0.242 e. The number of hydrogen-bond donors (Lipinski definition) is 3. The minimum absolute atomic E-state index is 0.115. The third kappa shape index (κ3) is 4.73. The van der Waals surface area contributed by atoms with Crippen LogP contribution in [0.25, 0.3) is 0 Å². The molecule has 0 spiro atoms. The molecule has 4 N–H and O–H groups in total. The van der Waals surface area contributed by atoms with Crippen molar-refractivity contribution in [2.75, 3.05) is 25.6 Å². The molecule has 0 fully saturated rings. The van der Waals surface area contributed by atoms with Crippen molar-refractivity contribution < 1.29 is 9.53 Å². The lowest BCUT2D eigenvalue weighted by Gasteiger charge is -2.18. The van der Waals surface area contributed by atoms with Gasteiger partial charge in [0.2, 0.25) is 5.91 Å². The molecular formula is C13H18BrN3O2S. The lowest BCUT2D eigenvalue weighted by atomic mass is 10.1. The SMILES string of the molecule is COCCNC(=O)C(C)Nc1cccc(Br)c1C(N)=S. The summed E-state index contributed by atoms with van der Waals surface area (Å²) in [6, 6.07) is 5.12. The van der Waals surface area contributed by atoms with E-state index < -0.39 is 6.04 Å². The number of carbonyl (C=O) groups is 1. The number of benzene rings is 1. The summed E-state index contributed by atoms with van der Waals surface area (Å²) in [6.45, 7) is 2.72. The van der Waals surface area contributed by atoms with Gasteiger partial charge in [0.25, 0.3) is 0 Å². The van der Waals surface area contributed by atoms with Crippen molar-refractivity contribution in [2.24, 2.45) is 5.73 Å². The zero-order chi connectivity index (χ0) is 15.1. The van der Waals surface area contributed by atoms with Gasteiger partial charge in [-0.05, 0) is 35.0 Å². The Bertz CT molecular complexity index is 497. The van der Waals surface area contributed by atoms with E-state index in [9.17, 15) is 4.79 Å². The van der Waals surface area contributed by atoms with Gasteiger partial charge in [0, 0.05) is 29.4 Å². The van der Waals surface area contributed by atoms with Crippen molar-refractivity contribution in [1.82, 2.24) is 5.32 Å². The van der Waals surface area contributed by atoms with Gasteiger partial charge in [-0.1, -0.05) is 18.3 Å². The number of thiocarbonyl (C=S) groups is 1. The number of carbonyl (C=O) groups excluding carboxylic acids is 1. The topological polar surface area (TPSA) is 76.4 Å². The third-order valence-electron chi connectivity index (χ3n) is 2.63. The Hall–Kier alpha value is -1.18. The summed E-state index contributed by atoms with van der Waals surface area (Å²) in [6.07, 6.45) is 0. The summed E-state index contributed by atoms with van der Waals surface area (Å²) in [4.78, 5) is 12.2. The molecule has 0 saturated heterocycles. The summed E-state index contributed by atoms with van der Waals surface area (Å²) in [5, 5.41) is 5.87. The molecule has 1 aromatic carbocycles. The molecule has 20 heavy (non-hydrogen) atoms. The Balaban J connectivity index is 2.75. The molecule has 0 radical (unpaired) electrons. The van der Waals surface area contributed by atoms with Crippen molar-refractivity contribution in [2.45, 2.75) is 13.0 Å². The molecule has 7 heteroatoms. The normalized spacial score (nSPS) is 11.8. The maximum Gasteiger partial charge on any atom is 0.242 e. The van der Waals surface area contributed by atoms with E-state index in [0.29, 0.717) is 18.7 Å². The highest BCUT2D eigenvalue weighted by atomic mass is 79.9. The Morgan fingerprint density at radius 1 is 1.55 bits per heavy atom. The Morgan fingerprint density at radius 2 is 2.25 bits per heavy atom. The predicted octanol–water partition coefficient (Wildman–Crippen LogP) is 1.65. The Kier molecular flexibility index (Phi) is 6.90. The first-order chi connectivity index (χ1) is 9.47. The first-order valence-corrected chi connectivity index (χ1v) is 7.29. The zero-order valence-electron chi connectivity index (χ0n) is 11.4. The minimum atomic E-state index is -0.408. The van der Waals surface area contributed by atoms with Crippen LogP contribution in [0.3, 0.4) is 0 Å². The molecule has 0 aromatic heterocycles. The number of ether oxygens (including phenoxy) is 1. The van der Waals surface area contributed by atoms with Crippen molar-refractivity contribution in [3.8, 4) is 0 Å². The highest BCUT2D eigenvalue weighted by Crippen LogP contribution is 2.25. The fourth-order valence-electron chi connectivity index (χ4n) is 1.62.